The highest BCUT2D eigenvalue weighted by Gasteiger charge is 2.33. The van der Waals surface area contributed by atoms with Crippen LogP contribution in [0.2, 0.25) is 0 Å². The van der Waals surface area contributed by atoms with Crippen LogP contribution in [0.3, 0.4) is 0 Å². The maximum atomic E-state index is 13.0. The Bertz CT molecular complexity index is 862. The van der Waals surface area contributed by atoms with Gasteiger partial charge in [-0.1, -0.05) is 57.2 Å². The summed E-state index contributed by atoms with van der Waals surface area (Å²) in [5.74, 6) is -0.746. The van der Waals surface area contributed by atoms with Crippen LogP contribution in [0.25, 0.3) is 6.08 Å². The molecule has 0 unspecified atom stereocenters. The minimum absolute atomic E-state index is 0.0506. The minimum Gasteiger partial charge on any atom is -0.303 e. The topological polar surface area (TPSA) is 49.4 Å². The Hall–Kier alpha value is -2.95. The molecule has 0 atom stereocenters. The van der Waals surface area contributed by atoms with Crippen molar-refractivity contribution in [2.75, 3.05) is 0 Å². The molecule has 2 aromatic carbocycles. The SMILES string of the molecule is CC(C)(C)c1ccc(/C=C2\NC(=O)N(Cc3ccc(F)cc3)C2=O)cc1. The van der Waals surface area contributed by atoms with E-state index in [0.717, 1.165) is 10.5 Å². The fourth-order valence-electron chi connectivity index (χ4n) is 2.73. The molecule has 4 nitrogen and oxygen atoms in total. The van der Waals surface area contributed by atoms with Gasteiger partial charge in [0.1, 0.15) is 11.5 Å². The van der Waals surface area contributed by atoms with Crippen LogP contribution in [0, 0.1) is 5.82 Å². The molecule has 1 N–H and O–H groups in total. The Kier molecular flexibility index (Phi) is 4.64. The number of carbonyl (C=O) groups is 2. The molecule has 26 heavy (non-hydrogen) atoms. The van der Waals surface area contributed by atoms with E-state index in [0.29, 0.717) is 5.56 Å². The summed E-state index contributed by atoms with van der Waals surface area (Å²) in [5, 5.41) is 2.60. The average molecular weight is 352 g/mol. The van der Waals surface area contributed by atoms with Gasteiger partial charge in [0.05, 0.1) is 6.54 Å². The molecule has 2 aromatic rings. The van der Waals surface area contributed by atoms with Gasteiger partial charge in [0, 0.05) is 0 Å². The molecule has 0 saturated carbocycles. The molecule has 1 fully saturated rings. The summed E-state index contributed by atoms with van der Waals surface area (Å²) in [6.45, 7) is 6.50. The van der Waals surface area contributed by atoms with Crippen molar-refractivity contribution in [1.82, 2.24) is 10.2 Å². The summed E-state index contributed by atoms with van der Waals surface area (Å²) in [5.41, 5.74) is 3.01. The van der Waals surface area contributed by atoms with E-state index in [1.54, 1.807) is 18.2 Å². The van der Waals surface area contributed by atoms with Gasteiger partial charge in [0.2, 0.25) is 0 Å². The molecule has 134 valence electrons. The van der Waals surface area contributed by atoms with Crippen LogP contribution in [-0.2, 0) is 16.8 Å². The third-order valence-corrected chi connectivity index (χ3v) is 4.30. The molecule has 1 saturated heterocycles. The van der Waals surface area contributed by atoms with Gasteiger partial charge in [0.15, 0.2) is 0 Å². The normalized spacial score (nSPS) is 16.3. The van der Waals surface area contributed by atoms with Crippen LogP contribution in [0.4, 0.5) is 9.18 Å². The number of urea groups is 1. The molecule has 0 aliphatic carbocycles. The zero-order valence-electron chi connectivity index (χ0n) is 15.0. The molecule has 0 radical (unpaired) electrons. The maximum absolute atomic E-state index is 13.0. The van der Waals surface area contributed by atoms with Crippen LogP contribution in [0.15, 0.2) is 54.2 Å². The zero-order chi connectivity index (χ0) is 18.9. The van der Waals surface area contributed by atoms with Crippen LogP contribution >= 0.6 is 0 Å². The summed E-state index contributed by atoms with van der Waals surface area (Å²) in [7, 11) is 0. The highest BCUT2D eigenvalue weighted by Crippen LogP contribution is 2.23. The fourth-order valence-corrected chi connectivity index (χ4v) is 2.73. The van der Waals surface area contributed by atoms with E-state index in [1.807, 2.05) is 24.3 Å². The number of halogens is 1. The molecule has 1 aliphatic heterocycles. The molecule has 0 aromatic heterocycles. The third kappa shape index (κ3) is 3.82. The van der Waals surface area contributed by atoms with Crippen LogP contribution in [0.1, 0.15) is 37.5 Å². The van der Waals surface area contributed by atoms with Crippen molar-refractivity contribution in [3.63, 3.8) is 0 Å². The minimum atomic E-state index is -0.475. The first kappa shape index (κ1) is 17.9. The lowest BCUT2D eigenvalue weighted by Crippen LogP contribution is -2.30. The Morgan fingerprint density at radius 2 is 1.62 bits per heavy atom. The molecule has 1 aliphatic rings. The molecule has 3 amide bonds. The van der Waals surface area contributed by atoms with Gasteiger partial charge < -0.3 is 5.32 Å². The smallest absolute Gasteiger partial charge is 0.303 e. The van der Waals surface area contributed by atoms with Gasteiger partial charge in [-0.15, -0.1) is 0 Å². The van der Waals surface area contributed by atoms with Crippen molar-refractivity contribution in [3.05, 3.63) is 76.7 Å². The van der Waals surface area contributed by atoms with Gasteiger partial charge in [-0.2, -0.15) is 0 Å². The molecule has 0 spiro atoms. The number of hydrogen-bond acceptors (Lipinski definition) is 2. The number of nitrogens with zero attached hydrogens (tertiary/aromatic N) is 1. The van der Waals surface area contributed by atoms with E-state index < -0.39 is 6.03 Å². The van der Waals surface area contributed by atoms with Gasteiger partial charge in [-0.3, -0.25) is 9.69 Å². The lowest BCUT2D eigenvalue weighted by atomic mass is 9.87. The lowest BCUT2D eigenvalue weighted by molar-refractivity contribution is -0.123. The molecule has 5 heteroatoms. The fraction of sp³-hybridized carbons (Fsp3) is 0.238. The molecule has 1 heterocycles. The van der Waals surface area contributed by atoms with Crippen molar-refractivity contribution in [1.29, 1.82) is 0 Å². The molecule has 3 rings (SSSR count). The Morgan fingerprint density at radius 3 is 2.19 bits per heavy atom. The largest absolute Gasteiger partial charge is 0.329 e. The van der Waals surface area contributed by atoms with E-state index in [2.05, 4.69) is 26.1 Å². The van der Waals surface area contributed by atoms with Gasteiger partial charge in [-0.05, 0) is 40.3 Å². The number of imide groups is 1. The Labute approximate surface area is 152 Å². The average Bonchev–Trinajstić information content (AvgIpc) is 2.84. The number of hydrogen-bond donors (Lipinski definition) is 1. The highest BCUT2D eigenvalue weighted by atomic mass is 19.1. The third-order valence-electron chi connectivity index (χ3n) is 4.30. The lowest BCUT2D eigenvalue weighted by Gasteiger charge is -2.18. The number of nitrogens with one attached hydrogen (secondary N) is 1. The van der Waals surface area contributed by atoms with E-state index >= 15 is 0 Å². The molecule has 0 bridgehead atoms. The Balaban J connectivity index is 1.77. The molecular weight excluding hydrogens is 331 g/mol. The second-order valence-corrected chi connectivity index (χ2v) is 7.38. The van der Waals surface area contributed by atoms with Gasteiger partial charge >= 0.3 is 6.03 Å². The number of rotatable bonds is 3. The first-order valence-corrected chi connectivity index (χ1v) is 8.43. The van der Waals surface area contributed by atoms with E-state index in [4.69, 9.17) is 0 Å². The van der Waals surface area contributed by atoms with E-state index in [-0.39, 0.29) is 29.4 Å². The summed E-state index contributed by atoms with van der Waals surface area (Å²) in [6.07, 6.45) is 1.66. The second kappa shape index (κ2) is 6.75. The van der Waals surface area contributed by atoms with Crippen molar-refractivity contribution in [3.8, 4) is 0 Å². The van der Waals surface area contributed by atoms with E-state index in [1.165, 1.54) is 17.7 Å². The summed E-state index contributed by atoms with van der Waals surface area (Å²) in [6, 6.07) is 13.1. The Morgan fingerprint density at radius 1 is 1.00 bits per heavy atom. The zero-order valence-corrected chi connectivity index (χ0v) is 15.0. The van der Waals surface area contributed by atoms with Crippen molar-refractivity contribution in [2.45, 2.75) is 32.7 Å². The number of carbonyl (C=O) groups excluding carboxylic acids is 2. The highest BCUT2D eigenvalue weighted by molar-refractivity contribution is 6.13. The van der Waals surface area contributed by atoms with Crippen molar-refractivity contribution < 1.29 is 14.0 Å². The monoisotopic (exact) mass is 352 g/mol. The van der Waals surface area contributed by atoms with Gasteiger partial charge in [-0.25, -0.2) is 9.18 Å². The maximum Gasteiger partial charge on any atom is 0.329 e. The molecular formula is C21H21FN2O2. The number of benzene rings is 2. The summed E-state index contributed by atoms with van der Waals surface area (Å²) < 4.78 is 13.0. The van der Waals surface area contributed by atoms with Gasteiger partial charge in [0.25, 0.3) is 5.91 Å². The summed E-state index contributed by atoms with van der Waals surface area (Å²) >= 11 is 0. The quantitative estimate of drug-likeness (QED) is 0.664. The second-order valence-electron chi connectivity index (χ2n) is 7.38. The first-order chi connectivity index (χ1) is 12.2. The van der Waals surface area contributed by atoms with Crippen LogP contribution < -0.4 is 5.32 Å². The van der Waals surface area contributed by atoms with E-state index in [9.17, 15) is 14.0 Å². The first-order valence-electron chi connectivity index (χ1n) is 8.43. The van der Waals surface area contributed by atoms with Crippen LogP contribution in [0.5, 0.6) is 0 Å². The van der Waals surface area contributed by atoms with Crippen molar-refractivity contribution >= 4 is 18.0 Å². The standard InChI is InChI=1S/C21H21FN2O2/c1-21(2,3)16-8-4-14(5-9-16)12-18-19(25)24(20(26)23-18)13-15-6-10-17(22)11-7-15/h4-12H,13H2,1-3H3,(H,23,26)/b18-12-. The van der Waals surface area contributed by atoms with Crippen molar-refractivity contribution in [2.24, 2.45) is 0 Å². The van der Waals surface area contributed by atoms with Crippen LogP contribution in [-0.4, -0.2) is 16.8 Å². The predicted octanol–water partition coefficient (Wildman–Crippen LogP) is 4.22. The summed E-state index contributed by atoms with van der Waals surface area (Å²) in [4.78, 5) is 25.8. The predicted molar refractivity (Wildman–Crippen MR) is 98.6 cm³/mol. The number of amides is 3.